The Morgan fingerprint density at radius 3 is 2.62 bits per heavy atom. The number of rotatable bonds is 4. The molecule has 5 rings (SSSR count). The van der Waals surface area contributed by atoms with Gasteiger partial charge in [0.1, 0.15) is 17.9 Å². The topological polar surface area (TPSA) is 85.7 Å². The Kier molecular flexibility index (Phi) is 4.58. The zero-order valence-electron chi connectivity index (χ0n) is 17.4. The van der Waals surface area contributed by atoms with Gasteiger partial charge in [-0.2, -0.15) is 5.10 Å². The second-order valence-corrected chi connectivity index (χ2v) is 7.59. The van der Waals surface area contributed by atoms with Gasteiger partial charge in [0.25, 0.3) is 0 Å². The lowest BCUT2D eigenvalue weighted by Gasteiger charge is -2.09. The molecule has 8 nitrogen and oxygen atoms in total. The van der Waals surface area contributed by atoms with Crippen molar-refractivity contribution in [1.29, 1.82) is 0 Å². The van der Waals surface area contributed by atoms with Gasteiger partial charge in [-0.3, -0.25) is 4.79 Å². The normalized spacial score (nSPS) is 11.3. The predicted octanol–water partition coefficient (Wildman–Crippen LogP) is 3.21. The van der Waals surface area contributed by atoms with Gasteiger partial charge in [-0.25, -0.2) is 22.8 Å². The van der Waals surface area contributed by atoms with Gasteiger partial charge < -0.3 is 5.32 Å². The number of benzene rings is 2. The van der Waals surface area contributed by atoms with Crippen LogP contribution in [0.2, 0.25) is 0 Å². The third-order valence-corrected chi connectivity index (χ3v) is 5.50. The number of amides is 1. The fraction of sp³-hybridized carbons (Fsp3) is 0.130. The van der Waals surface area contributed by atoms with Crippen LogP contribution in [0.5, 0.6) is 0 Å². The molecule has 0 atom stereocenters. The number of hydrogen-bond donors (Lipinski definition) is 1. The molecule has 1 amide bonds. The summed E-state index contributed by atoms with van der Waals surface area (Å²) in [6.45, 7) is 3.67. The number of aromatic nitrogens is 5. The van der Waals surface area contributed by atoms with Crippen LogP contribution in [0.3, 0.4) is 0 Å². The number of nitrogens with one attached hydrogen (secondary N) is 1. The molecule has 0 aliphatic rings. The van der Waals surface area contributed by atoms with Crippen molar-refractivity contribution in [2.45, 2.75) is 20.4 Å². The number of hydrogen-bond acceptors (Lipinski definition) is 4. The summed E-state index contributed by atoms with van der Waals surface area (Å²) in [5, 5.41) is 11.7. The van der Waals surface area contributed by atoms with Crippen LogP contribution < -0.4 is 11.0 Å². The van der Waals surface area contributed by atoms with Crippen LogP contribution in [-0.4, -0.2) is 29.7 Å². The van der Waals surface area contributed by atoms with Crippen molar-refractivity contribution in [2.24, 2.45) is 0 Å². The van der Waals surface area contributed by atoms with E-state index in [9.17, 15) is 14.0 Å². The Labute approximate surface area is 181 Å². The molecule has 32 heavy (non-hydrogen) atoms. The average molecular weight is 430 g/mol. The zero-order valence-corrected chi connectivity index (χ0v) is 17.4. The van der Waals surface area contributed by atoms with Crippen LogP contribution in [0.1, 0.15) is 11.1 Å². The van der Waals surface area contributed by atoms with E-state index in [4.69, 9.17) is 0 Å². The van der Waals surface area contributed by atoms with Crippen LogP contribution in [0, 0.1) is 19.7 Å². The molecule has 2 aromatic carbocycles. The van der Waals surface area contributed by atoms with Gasteiger partial charge >= 0.3 is 5.69 Å². The molecule has 5 aromatic rings. The van der Waals surface area contributed by atoms with Crippen molar-refractivity contribution in [3.8, 4) is 11.3 Å². The summed E-state index contributed by atoms with van der Waals surface area (Å²) < 4.78 is 17.3. The third-order valence-electron chi connectivity index (χ3n) is 5.50. The number of aryl methyl sites for hydroxylation is 1. The lowest BCUT2D eigenvalue weighted by atomic mass is 10.1. The van der Waals surface area contributed by atoms with Crippen molar-refractivity contribution in [3.63, 3.8) is 0 Å². The molecule has 3 aromatic heterocycles. The van der Waals surface area contributed by atoms with Crippen LogP contribution in [0.15, 0.2) is 65.7 Å². The summed E-state index contributed by atoms with van der Waals surface area (Å²) in [6, 6.07) is 13.4. The lowest BCUT2D eigenvalue weighted by Crippen LogP contribution is -2.28. The number of carbonyl (C=O) groups is 1. The van der Waals surface area contributed by atoms with Gasteiger partial charge in [-0.1, -0.05) is 12.1 Å². The molecular weight excluding hydrogens is 411 g/mol. The molecular formula is C23H19FN6O2. The second kappa shape index (κ2) is 7.45. The number of fused-ring (bicyclic) bond motifs is 3. The Morgan fingerprint density at radius 1 is 1.06 bits per heavy atom. The maximum atomic E-state index is 13.2. The molecule has 0 saturated heterocycles. The monoisotopic (exact) mass is 430 g/mol. The highest BCUT2D eigenvalue weighted by Gasteiger charge is 2.16. The van der Waals surface area contributed by atoms with Crippen LogP contribution >= 0.6 is 0 Å². The minimum absolute atomic E-state index is 0.223. The number of nitrogens with zero attached hydrogens (tertiary/aromatic N) is 5. The highest BCUT2D eigenvalue weighted by molar-refractivity contribution is 5.91. The lowest BCUT2D eigenvalue weighted by molar-refractivity contribution is -0.117. The smallest absolute Gasteiger partial charge is 0.324 e. The van der Waals surface area contributed by atoms with Crippen LogP contribution in [-0.2, 0) is 11.3 Å². The van der Waals surface area contributed by atoms with Gasteiger partial charge in [-0.05, 0) is 61.4 Å². The third kappa shape index (κ3) is 3.33. The highest BCUT2D eigenvalue weighted by atomic mass is 19.1. The first-order valence-electron chi connectivity index (χ1n) is 10.0. The Morgan fingerprint density at radius 2 is 1.84 bits per heavy atom. The Hall–Kier alpha value is -4.27. The molecule has 9 heteroatoms. The van der Waals surface area contributed by atoms with E-state index in [-0.39, 0.29) is 18.3 Å². The first-order valence-corrected chi connectivity index (χ1v) is 10.0. The average Bonchev–Trinajstić information content (AvgIpc) is 3.34. The van der Waals surface area contributed by atoms with E-state index in [1.807, 2.05) is 32.0 Å². The maximum Gasteiger partial charge on any atom is 0.350 e. The summed E-state index contributed by atoms with van der Waals surface area (Å²) >= 11 is 0. The number of anilines is 1. The van der Waals surface area contributed by atoms with Crippen molar-refractivity contribution in [1.82, 2.24) is 23.8 Å². The van der Waals surface area contributed by atoms with Crippen molar-refractivity contribution in [3.05, 3.63) is 88.4 Å². The fourth-order valence-corrected chi connectivity index (χ4v) is 3.61. The van der Waals surface area contributed by atoms with Crippen LogP contribution in [0.25, 0.3) is 22.4 Å². The molecule has 0 radical (unpaired) electrons. The van der Waals surface area contributed by atoms with Crippen molar-refractivity contribution < 1.29 is 9.18 Å². The molecule has 1 N–H and O–H groups in total. The van der Waals surface area contributed by atoms with E-state index in [0.717, 1.165) is 21.4 Å². The fourth-order valence-electron chi connectivity index (χ4n) is 3.61. The Balaban J connectivity index is 1.49. The summed E-state index contributed by atoms with van der Waals surface area (Å²) in [6.07, 6.45) is 3.19. The van der Waals surface area contributed by atoms with Gasteiger partial charge in [0.05, 0.1) is 5.69 Å². The summed E-state index contributed by atoms with van der Waals surface area (Å²) in [7, 11) is 0. The molecule has 160 valence electrons. The minimum atomic E-state index is -0.428. The molecule has 0 aliphatic heterocycles. The quantitative estimate of drug-likeness (QED) is 0.475. The molecule has 0 bridgehead atoms. The van der Waals surface area contributed by atoms with E-state index < -0.39 is 5.69 Å². The Bertz CT molecular complexity index is 1550. The van der Waals surface area contributed by atoms with E-state index in [1.54, 1.807) is 35.1 Å². The molecule has 0 fully saturated rings. The van der Waals surface area contributed by atoms with Gasteiger partial charge in [0, 0.05) is 23.6 Å². The highest BCUT2D eigenvalue weighted by Crippen LogP contribution is 2.22. The summed E-state index contributed by atoms with van der Waals surface area (Å²) in [5.74, 6) is -0.676. The maximum absolute atomic E-state index is 13.2. The van der Waals surface area contributed by atoms with Gasteiger partial charge in [0.15, 0.2) is 5.65 Å². The minimum Gasteiger partial charge on any atom is -0.324 e. The van der Waals surface area contributed by atoms with Gasteiger partial charge in [-0.15, -0.1) is 5.10 Å². The SMILES string of the molecule is Cc1cccc(NC(=O)Cn2nc3c4cc(-c5ccc(F)cc5)nn4ccn3c2=O)c1C. The molecule has 0 spiro atoms. The van der Waals surface area contributed by atoms with E-state index >= 15 is 0 Å². The molecule has 3 heterocycles. The summed E-state index contributed by atoms with van der Waals surface area (Å²) in [4.78, 5) is 25.4. The largest absolute Gasteiger partial charge is 0.350 e. The zero-order chi connectivity index (χ0) is 22.4. The van der Waals surface area contributed by atoms with Crippen molar-refractivity contribution in [2.75, 3.05) is 5.32 Å². The second-order valence-electron chi connectivity index (χ2n) is 7.59. The van der Waals surface area contributed by atoms with Crippen molar-refractivity contribution >= 4 is 22.8 Å². The first-order chi connectivity index (χ1) is 15.4. The number of carbonyl (C=O) groups excluding carboxylic acids is 1. The molecule has 0 aliphatic carbocycles. The van der Waals surface area contributed by atoms with E-state index in [1.165, 1.54) is 16.5 Å². The van der Waals surface area contributed by atoms with E-state index in [0.29, 0.717) is 22.5 Å². The van der Waals surface area contributed by atoms with E-state index in [2.05, 4.69) is 15.5 Å². The molecule has 0 saturated carbocycles. The first kappa shape index (κ1) is 19.7. The molecule has 0 unspecified atom stereocenters. The number of halogens is 1. The summed E-state index contributed by atoms with van der Waals surface area (Å²) in [5.41, 5.74) is 4.63. The van der Waals surface area contributed by atoms with Gasteiger partial charge in [0.2, 0.25) is 5.91 Å². The van der Waals surface area contributed by atoms with Crippen LogP contribution in [0.4, 0.5) is 10.1 Å². The predicted molar refractivity (Wildman–Crippen MR) is 118 cm³/mol. The standard InChI is InChI=1S/C23H19FN6O2/c1-14-4-3-5-18(15(14)2)25-21(31)13-30-23(32)28-10-11-29-20(22(28)27-30)12-19(26-29)16-6-8-17(24)9-7-16/h3-12H,13H2,1-2H3,(H,25,31).